The summed E-state index contributed by atoms with van der Waals surface area (Å²) < 4.78 is 5.43. The molecule has 0 aromatic heterocycles. The van der Waals surface area contributed by atoms with Crippen molar-refractivity contribution in [2.24, 2.45) is 11.3 Å². The zero-order chi connectivity index (χ0) is 16.9. The minimum absolute atomic E-state index is 0.385. The molecule has 0 radical (unpaired) electrons. The van der Waals surface area contributed by atoms with Crippen LogP contribution in [0.1, 0.15) is 29.5 Å². The van der Waals surface area contributed by atoms with Crippen LogP contribution in [-0.2, 0) is 13.0 Å². The van der Waals surface area contributed by atoms with E-state index in [-0.39, 0.29) is 0 Å². The van der Waals surface area contributed by atoms with E-state index in [1.807, 2.05) is 0 Å². The first kappa shape index (κ1) is 15.2. The maximum Gasteiger partial charge on any atom is 0.119 e. The summed E-state index contributed by atoms with van der Waals surface area (Å²) in [6.07, 6.45) is 6.25. The molecule has 0 bridgehead atoms. The summed E-state index contributed by atoms with van der Waals surface area (Å²) >= 11 is 0. The van der Waals surface area contributed by atoms with Crippen LogP contribution in [0, 0.1) is 11.3 Å². The van der Waals surface area contributed by atoms with Crippen LogP contribution in [0.25, 0.3) is 5.57 Å². The summed E-state index contributed by atoms with van der Waals surface area (Å²) in [5.74, 6) is 1.78. The van der Waals surface area contributed by atoms with Crippen LogP contribution in [0.5, 0.6) is 5.75 Å². The second-order valence-corrected chi connectivity index (χ2v) is 7.88. The molecule has 1 saturated heterocycles. The molecule has 2 nitrogen and oxygen atoms in total. The molecule has 0 amide bonds. The molecule has 2 aromatic carbocycles. The molecule has 1 fully saturated rings. The Morgan fingerprint density at radius 2 is 2.04 bits per heavy atom. The monoisotopic (exact) mass is 331 g/mol. The van der Waals surface area contributed by atoms with Gasteiger partial charge in [-0.15, -0.1) is 0 Å². The van der Waals surface area contributed by atoms with Crippen LogP contribution >= 0.6 is 0 Å². The van der Waals surface area contributed by atoms with Gasteiger partial charge in [-0.05, 0) is 59.6 Å². The lowest BCUT2D eigenvalue weighted by Crippen LogP contribution is -2.33. The summed E-state index contributed by atoms with van der Waals surface area (Å²) in [5.41, 5.74) is 6.40. The minimum Gasteiger partial charge on any atom is -0.497 e. The summed E-state index contributed by atoms with van der Waals surface area (Å²) in [6, 6.07) is 17.6. The number of methoxy groups -OCH3 is 1. The van der Waals surface area contributed by atoms with E-state index in [4.69, 9.17) is 4.74 Å². The maximum absolute atomic E-state index is 5.43. The van der Waals surface area contributed by atoms with Gasteiger partial charge in [-0.3, -0.25) is 4.90 Å². The summed E-state index contributed by atoms with van der Waals surface area (Å²) in [5, 5.41) is 0. The van der Waals surface area contributed by atoms with Gasteiger partial charge in [-0.25, -0.2) is 0 Å². The van der Waals surface area contributed by atoms with Crippen LogP contribution in [-0.4, -0.2) is 25.1 Å². The van der Waals surface area contributed by atoms with Gasteiger partial charge in [0.05, 0.1) is 7.11 Å². The highest BCUT2D eigenvalue weighted by Gasteiger charge is 2.52. The van der Waals surface area contributed by atoms with Crippen molar-refractivity contribution in [1.82, 2.24) is 4.90 Å². The molecule has 3 aliphatic rings. The lowest BCUT2D eigenvalue weighted by molar-refractivity contribution is 0.278. The third kappa shape index (κ3) is 2.35. The molecule has 0 unspecified atom stereocenters. The third-order valence-electron chi connectivity index (χ3n) is 6.60. The van der Waals surface area contributed by atoms with E-state index >= 15 is 0 Å². The van der Waals surface area contributed by atoms with E-state index in [2.05, 4.69) is 59.5 Å². The standard InChI is InChI=1S/C23H25NO/c1-25-20-8-9-21-18(13-20)11-12-23-16-24(14-17-5-3-2-4-6-17)15-19(23)7-10-22(21)23/h2-6,8-10,13,19H,7,11-12,14-16H2,1H3/t19-,23+/m1/s1. The molecule has 2 heteroatoms. The van der Waals surface area contributed by atoms with E-state index in [1.54, 1.807) is 12.7 Å². The Labute approximate surface area is 150 Å². The number of fused-ring (bicyclic) bond motifs is 2. The molecular formula is C23H25NO. The molecule has 5 rings (SSSR count). The number of allylic oxidation sites excluding steroid dienone is 1. The van der Waals surface area contributed by atoms with Gasteiger partial charge in [0.15, 0.2) is 0 Å². The van der Waals surface area contributed by atoms with Crippen molar-refractivity contribution >= 4 is 5.57 Å². The first-order valence-electron chi connectivity index (χ1n) is 9.43. The van der Waals surface area contributed by atoms with Crippen molar-refractivity contribution in [2.45, 2.75) is 25.8 Å². The maximum atomic E-state index is 5.43. The van der Waals surface area contributed by atoms with Gasteiger partial charge in [0, 0.05) is 25.0 Å². The van der Waals surface area contributed by atoms with Crippen molar-refractivity contribution in [1.29, 1.82) is 0 Å². The van der Waals surface area contributed by atoms with Gasteiger partial charge in [-0.2, -0.15) is 0 Å². The zero-order valence-corrected chi connectivity index (χ0v) is 14.9. The normalized spacial score (nSPS) is 27.4. The van der Waals surface area contributed by atoms with E-state index in [9.17, 15) is 0 Å². The van der Waals surface area contributed by atoms with Gasteiger partial charge in [-0.1, -0.05) is 42.5 Å². The van der Waals surface area contributed by atoms with Crippen molar-refractivity contribution in [3.05, 3.63) is 71.3 Å². The van der Waals surface area contributed by atoms with E-state index in [0.29, 0.717) is 5.41 Å². The van der Waals surface area contributed by atoms with Crippen LogP contribution < -0.4 is 4.74 Å². The van der Waals surface area contributed by atoms with Gasteiger partial charge >= 0.3 is 0 Å². The number of hydrogen-bond acceptors (Lipinski definition) is 2. The fourth-order valence-electron chi connectivity index (χ4n) is 5.43. The summed E-state index contributed by atoms with van der Waals surface area (Å²) in [4.78, 5) is 2.68. The Morgan fingerprint density at radius 3 is 2.88 bits per heavy atom. The molecular weight excluding hydrogens is 306 g/mol. The predicted octanol–water partition coefficient (Wildman–Crippen LogP) is 4.55. The number of ether oxygens (including phenoxy) is 1. The van der Waals surface area contributed by atoms with Gasteiger partial charge in [0.1, 0.15) is 5.75 Å². The SMILES string of the molecule is COc1ccc2c(c1)CC[C@]13CN(Cc4ccccc4)C[C@H]1CC=C23. The van der Waals surface area contributed by atoms with E-state index in [1.165, 1.54) is 49.0 Å². The Hall–Kier alpha value is -2.06. The van der Waals surface area contributed by atoms with Crippen LogP contribution in [0.15, 0.2) is 54.6 Å². The summed E-state index contributed by atoms with van der Waals surface area (Å²) in [7, 11) is 1.76. The number of rotatable bonds is 3. The highest BCUT2D eigenvalue weighted by Crippen LogP contribution is 2.58. The van der Waals surface area contributed by atoms with Gasteiger partial charge in [0.25, 0.3) is 0 Å². The molecule has 0 N–H and O–H groups in total. The fourth-order valence-corrected chi connectivity index (χ4v) is 5.43. The fraction of sp³-hybridized carbons (Fsp3) is 0.391. The lowest BCUT2D eigenvalue weighted by Gasteiger charge is -2.38. The lowest BCUT2D eigenvalue weighted by atomic mass is 9.66. The molecule has 2 atom stereocenters. The zero-order valence-electron chi connectivity index (χ0n) is 14.9. The molecule has 2 aromatic rings. The highest BCUT2D eigenvalue weighted by molar-refractivity contribution is 5.78. The number of likely N-dealkylation sites (tertiary alicyclic amines) is 1. The molecule has 25 heavy (non-hydrogen) atoms. The van der Waals surface area contributed by atoms with Gasteiger partial charge < -0.3 is 4.74 Å². The predicted molar refractivity (Wildman–Crippen MR) is 102 cm³/mol. The molecule has 2 aliphatic carbocycles. The Balaban J connectivity index is 1.43. The largest absolute Gasteiger partial charge is 0.497 e. The van der Waals surface area contributed by atoms with Crippen molar-refractivity contribution < 1.29 is 4.74 Å². The Bertz CT molecular complexity index is 825. The second kappa shape index (κ2) is 5.74. The van der Waals surface area contributed by atoms with E-state index in [0.717, 1.165) is 18.2 Å². The average molecular weight is 331 g/mol. The highest BCUT2D eigenvalue weighted by atomic mass is 16.5. The third-order valence-corrected chi connectivity index (χ3v) is 6.60. The minimum atomic E-state index is 0.385. The van der Waals surface area contributed by atoms with Crippen LogP contribution in [0.2, 0.25) is 0 Å². The van der Waals surface area contributed by atoms with Crippen LogP contribution in [0.3, 0.4) is 0 Å². The number of hydrogen-bond donors (Lipinski definition) is 0. The average Bonchev–Trinajstić information content (AvgIpc) is 3.16. The Kier molecular flexibility index (Phi) is 3.49. The molecule has 1 aliphatic heterocycles. The Morgan fingerprint density at radius 1 is 1.16 bits per heavy atom. The molecule has 128 valence electrons. The number of aryl methyl sites for hydroxylation is 1. The smallest absolute Gasteiger partial charge is 0.119 e. The van der Waals surface area contributed by atoms with Crippen molar-refractivity contribution in [2.75, 3.05) is 20.2 Å². The van der Waals surface area contributed by atoms with Crippen LogP contribution in [0.4, 0.5) is 0 Å². The molecule has 1 heterocycles. The first-order chi connectivity index (χ1) is 12.3. The quantitative estimate of drug-likeness (QED) is 0.818. The number of benzene rings is 2. The van der Waals surface area contributed by atoms with Crippen molar-refractivity contribution in [3.8, 4) is 5.75 Å². The van der Waals surface area contributed by atoms with E-state index < -0.39 is 0 Å². The molecule has 1 spiro atoms. The second-order valence-electron chi connectivity index (χ2n) is 7.88. The van der Waals surface area contributed by atoms with Crippen molar-refractivity contribution in [3.63, 3.8) is 0 Å². The molecule has 0 saturated carbocycles. The van der Waals surface area contributed by atoms with Gasteiger partial charge in [0.2, 0.25) is 0 Å². The summed E-state index contributed by atoms with van der Waals surface area (Å²) in [6.45, 7) is 3.53. The number of nitrogens with zero attached hydrogens (tertiary/aromatic N) is 1. The topological polar surface area (TPSA) is 12.5 Å². The first-order valence-corrected chi connectivity index (χ1v) is 9.43.